The number of aromatic nitrogens is 2. The van der Waals surface area contributed by atoms with Crippen LogP contribution in [0.25, 0.3) is 5.69 Å². The van der Waals surface area contributed by atoms with Crippen LogP contribution in [0.15, 0.2) is 47.8 Å². The molecular formula is C23H26N4O3S. The number of carbonyl (C=O) groups excluding carboxylic acids is 2. The molecule has 4 rings (SSSR count). The number of thiophene rings is 1. The maximum atomic E-state index is 13.0. The van der Waals surface area contributed by atoms with Crippen LogP contribution in [0.3, 0.4) is 0 Å². The van der Waals surface area contributed by atoms with Gasteiger partial charge in [-0.2, -0.15) is 5.10 Å². The van der Waals surface area contributed by atoms with E-state index < -0.39 is 11.7 Å². The minimum Gasteiger partial charge on any atom is -0.379 e. The van der Waals surface area contributed by atoms with Gasteiger partial charge in [0.1, 0.15) is 0 Å². The molecule has 1 fully saturated rings. The second kappa shape index (κ2) is 9.55. The Labute approximate surface area is 185 Å². The van der Waals surface area contributed by atoms with Gasteiger partial charge in [-0.3, -0.25) is 14.5 Å². The summed E-state index contributed by atoms with van der Waals surface area (Å²) in [5, 5.41) is 9.39. The van der Waals surface area contributed by atoms with Crippen LogP contribution in [0, 0.1) is 13.8 Å². The third-order valence-electron chi connectivity index (χ3n) is 5.54. The first-order chi connectivity index (χ1) is 15.1. The van der Waals surface area contributed by atoms with Crippen molar-refractivity contribution in [1.82, 2.24) is 20.0 Å². The zero-order valence-electron chi connectivity index (χ0n) is 17.7. The number of nitrogens with one attached hydrogen (secondary N) is 1. The van der Waals surface area contributed by atoms with Crippen molar-refractivity contribution in [2.45, 2.75) is 19.9 Å². The minimum atomic E-state index is -0.603. The number of ether oxygens (including phenoxy) is 1. The monoisotopic (exact) mass is 438 g/mol. The molecular weight excluding hydrogens is 412 g/mol. The highest BCUT2D eigenvalue weighted by atomic mass is 32.1. The number of carbonyl (C=O) groups is 2. The van der Waals surface area contributed by atoms with Gasteiger partial charge >= 0.3 is 0 Å². The summed E-state index contributed by atoms with van der Waals surface area (Å²) in [6.45, 7) is 6.89. The van der Waals surface area contributed by atoms with E-state index in [4.69, 9.17) is 4.74 Å². The molecule has 1 amide bonds. The van der Waals surface area contributed by atoms with Crippen LogP contribution in [0.1, 0.15) is 32.7 Å². The molecule has 1 atom stereocenters. The van der Waals surface area contributed by atoms with Crippen LogP contribution in [0.4, 0.5) is 0 Å². The molecule has 0 unspecified atom stereocenters. The van der Waals surface area contributed by atoms with Gasteiger partial charge in [0, 0.05) is 24.5 Å². The molecule has 0 spiro atoms. The van der Waals surface area contributed by atoms with Crippen LogP contribution in [-0.4, -0.2) is 59.2 Å². The van der Waals surface area contributed by atoms with Gasteiger partial charge in [-0.05, 0) is 37.4 Å². The maximum absolute atomic E-state index is 13.0. The van der Waals surface area contributed by atoms with Crippen molar-refractivity contribution in [2.24, 2.45) is 0 Å². The minimum absolute atomic E-state index is 0.0230. The summed E-state index contributed by atoms with van der Waals surface area (Å²) in [6, 6.07) is 13.7. The van der Waals surface area contributed by atoms with Crippen LogP contribution in [0.2, 0.25) is 0 Å². The first kappa shape index (κ1) is 21.4. The van der Waals surface area contributed by atoms with Gasteiger partial charge < -0.3 is 10.1 Å². The number of morpholine rings is 1. The van der Waals surface area contributed by atoms with Gasteiger partial charge in [-0.15, -0.1) is 11.3 Å². The molecule has 0 bridgehead atoms. The molecule has 0 radical (unpaired) electrons. The van der Waals surface area contributed by atoms with Gasteiger partial charge in [0.05, 0.1) is 41.9 Å². The first-order valence-electron chi connectivity index (χ1n) is 10.4. The summed E-state index contributed by atoms with van der Waals surface area (Å²) in [5.41, 5.74) is 2.42. The lowest BCUT2D eigenvalue weighted by Gasteiger charge is -2.34. The molecule has 0 saturated carbocycles. The molecule has 1 saturated heterocycles. The number of aryl methyl sites for hydroxylation is 1. The average Bonchev–Trinajstić information content (AvgIpc) is 3.43. The van der Waals surface area contributed by atoms with Crippen molar-refractivity contribution < 1.29 is 14.3 Å². The Hall–Kier alpha value is -2.81. The Morgan fingerprint density at radius 1 is 1.13 bits per heavy atom. The number of benzene rings is 1. The number of Topliss-reactive ketones (excluding diaryl/α,β-unsaturated/α-hetero) is 1. The molecule has 8 heteroatoms. The number of rotatable bonds is 7. The Bertz CT molecular complexity index is 1040. The van der Waals surface area contributed by atoms with Crippen LogP contribution in [0.5, 0.6) is 0 Å². The number of hydrogen-bond acceptors (Lipinski definition) is 6. The summed E-state index contributed by atoms with van der Waals surface area (Å²) >= 11 is 1.65. The van der Waals surface area contributed by atoms with Crippen molar-refractivity contribution in [1.29, 1.82) is 0 Å². The highest BCUT2D eigenvalue weighted by Crippen LogP contribution is 2.25. The van der Waals surface area contributed by atoms with E-state index in [-0.39, 0.29) is 6.04 Å². The molecule has 162 valence electrons. The third-order valence-corrected chi connectivity index (χ3v) is 6.51. The largest absolute Gasteiger partial charge is 0.379 e. The fourth-order valence-electron chi connectivity index (χ4n) is 3.95. The normalized spacial score (nSPS) is 15.5. The maximum Gasteiger partial charge on any atom is 0.292 e. The van der Waals surface area contributed by atoms with Crippen molar-refractivity contribution >= 4 is 23.0 Å². The van der Waals surface area contributed by atoms with E-state index in [1.54, 1.807) is 22.9 Å². The number of ketones is 1. The molecule has 3 aromatic rings. The Balaban J connectivity index is 1.49. The van der Waals surface area contributed by atoms with Crippen molar-refractivity contribution in [3.05, 3.63) is 69.7 Å². The fraction of sp³-hybridized carbons (Fsp3) is 0.348. The van der Waals surface area contributed by atoms with Crippen LogP contribution < -0.4 is 5.32 Å². The van der Waals surface area contributed by atoms with E-state index in [1.165, 1.54) is 4.88 Å². The average molecular weight is 439 g/mol. The number of amides is 1. The first-order valence-corrected chi connectivity index (χ1v) is 11.2. The summed E-state index contributed by atoms with van der Waals surface area (Å²) < 4.78 is 7.17. The van der Waals surface area contributed by atoms with E-state index in [0.29, 0.717) is 36.7 Å². The highest BCUT2D eigenvalue weighted by Gasteiger charge is 2.28. The van der Waals surface area contributed by atoms with Gasteiger partial charge in [0.2, 0.25) is 0 Å². The van der Waals surface area contributed by atoms with Gasteiger partial charge in [0.15, 0.2) is 0 Å². The Morgan fingerprint density at radius 2 is 1.87 bits per heavy atom. The smallest absolute Gasteiger partial charge is 0.292 e. The zero-order chi connectivity index (χ0) is 21.8. The van der Waals surface area contributed by atoms with E-state index in [2.05, 4.69) is 21.4 Å². The number of nitrogens with zero attached hydrogens (tertiary/aromatic N) is 3. The third kappa shape index (κ3) is 4.61. The SMILES string of the molecule is Cc1nn(-c2ccccc2)c(C)c1C(=O)C(=O)NC[C@H](c1cccs1)N1CCOCC1. The highest BCUT2D eigenvalue weighted by molar-refractivity contribution is 7.10. The molecule has 1 aliphatic rings. The van der Waals surface area contributed by atoms with Crippen LogP contribution in [-0.2, 0) is 9.53 Å². The summed E-state index contributed by atoms with van der Waals surface area (Å²) in [6.07, 6.45) is 0. The second-order valence-electron chi connectivity index (χ2n) is 7.51. The lowest BCUT2D eigenvalue weighted by atomic mass is 10.1. The molecule has 3 heterocycles. The molecule has 31 heavy (non-hydrogen) atoms. The Kier molecular flexibility index (Phi) is 6.60. The molecule has 0 aliphatic carbocycles. The summed E-state index contributed by atoms with van der Waals surface area (Å²) in [4.78, 5) is 29.3. The van der Waals surface area contributed by atoms with Gasteiger partial charge in [-0.1, -0.05) is 24.3 Å². The quantitative estimate of drug-likeness (QED) is 0.453. The predicted molar refractivity (Wildman–Crippen MR) is 120 cm³/mol. The van der Waals surface area contributed by atoms with Gasteiger partial charge in [-0.25, -0.2) is 4.68 Å². The van der Waals surface area contributed by atoms with Crippen molar-refractivity contribution in [2.75, 3.05) is 32.8 Å². The lowest BCUT2D eigenvalue weighted by Crippen LogP contribution is -2.44. The molecule has 1 aliphatic heterocycles. The van der Waals surface area contributed by atoms with E-state index in [0.717, 1.165) is 18.8 Å². The number of hydrogen-bond donors (Lipinski definition) is 1. The van der Waals surface area contributed by atoms with Gasteiger partial charge in [0.25, 0.3) is 11.7 Å². The topological polar surface area (TPSA) is 76.5 Å². The lowest BCUT2D eigenvalue weighted by molar-refractivity contribution is -0.117. The summed E-state index contributed by atoms with van der Waals surface area (Å²) in [7, 11) is 0. The van der Waals surface area contributed by atoms with E-state index >= 15 is 0 Å². The molecule has 2 aromatic heterocycles. The van der Waals surface area contributed by atoms with Crippen molar-refractivity contribution in [3.63, 3.8) is 0 Å². The molecule has 1 N–H and O–H groups in total. The second-order valence-corrected chi connectivity index (χ2v) is 8.49. The van der Waals surface area contributed by atoms with Crippen LogP contribution >= 0.6 is 11.3 Å². The predicted octanol–water partition coefficient (Wildman–Crippen LogP) is 2.92. The van der Waals surface area contributed by atoms with E-state index in [1.807, 2.05) is 48.7 Å². The summed E-state index contributed by atoms with van der Waals surface area (Å²) in [5.74, 6) is -1.15. The molecule has 1 aromatic carbocycles. The zero-order valence-corrected chi connectivity index (χ0v) is 18.5. The number of para-hydroxylation sites is 1. The standard InChI is InChI=1S/C23H26N4O3S/c1-16-21(17(2)27(25-16)18-7-4-3-5-8-18)22(28)23(29)24-15-19(20-9-6-14-31-20)26-10-12-30-13-11-26/h3-9,14,19H,10-13,15H2,1-2H3,(H,24,29)/t19-/m1/s1. The molecule has 7 nitrogen and oxygen atoms in total. The van der Waals surface area contributed by atoms with E-state index in [9.17, 15) is 9.59 Å². The van der Waals surface area contributed by atoms with Crippen molar-refractivity contribution in [3.8, 4) is 5.69 Å². The fourth-order valence-corrected chi connectivity index (χ4v) is 4.82. The Morgan fingerprint density at radius 3 is 2.55 bits per heavy atom.